The lowest BCUT2D eigenvalue weighted by Crippen LogP contribution is -1.90. The lowest BCUT2D eigenvalue weighted by Gasteiger charge is -2.05. The van der Waals surface area contributed by atoms with Gasteiger partial charge in [0.1, 0.15) is 46.0 Å². The van der Waals surface area contributed by atoms with Gasteiger partial charge >= 0.3 is 0 Å². The SMILES string of the molecule is Fc1cc(-c2cc3cc4cc5sc(-c6cc(F)c(-c7cc8cc9ccccc9cc8o7)c(F)c6)cc5cc4cc3s2)cc(F)c1-c1cc2cc3ccccc3cc2o1. The van der Waals surface area contributed by atoms with Crippen molar-refractivity contribution < 1.29 is 26.4 Å². The normalized spacial score (nSPS) is 12.1. The molecule has 2 nitrogen and oxygen atoms in total. The van der Waals surface area contributed by atoms with Crippen LogP contribution >= 0.6 is 22.7 Å². The zero-order chi connectivity index (χ0) is 38.8. The zero-order valence-corrected chi connectivity index (χ0v) is 31.6. The third-order valence-electron chi connectivity index (χ3n) is 11.0. The molecule has 0 aliphatic carbocycles. The molecule has 0 aliphatic heterocycles. The number of benzene rings is 8. The van der Waals surface area contributed by atoms with Crippen LogP contribution in [0.1, 0.15) is 0 Å². The van der Waals surface area contributed by atoms with E-state index in [0.717, 1.165) is 73.0 Å². The van der Waals surface area contributed by atoms with Gasteiger partial charge in [0.2, 0.25) is 0 Å². The minimum Gasteiger partial charge on any atom is -0.456 e. The standard InChI is InChI=1S/C50H24F4O2S2/c51-37-13-35(14-38(52)49(37)43-19-31-9-25-5-1-3-7-27(25)17-41(31)55-43)47-23-33-11-29-22-46-34(12-30(29)21-45(33)57-47)24-48(58-46)36-15-39(53)50(40(54)16-36)44-20-32-10-26-6-2-4-8-28(26)18-42(32)56-44/h1-24H. The molecule has 0 unspecified atom stereocenters. The van der Waals surface area contributed by atoms with Crippen LogP contribution in [0.15, 0.2) is 154 Å². The molecular weight excluding hydrogens is 773 g/mol. The van der Waals surface area contributed by atoms with Crippen molar-refractivity contribution in [3.63, 3.8) is 0 Å². The van der Waals surface area contributed by atoms with E-state index < -0.39 is 23.3 Å². The molecule has 0 atom stereocenters. The highest BCUT2D eigenvalue weighted by molar-refractivity contribution is 7.22. The van der Waals surface area contributed by atoms with Crippen molar-refractivity contribution in [2.24, 2.45) is 0 Å². The van der Waals surface area contributed by atoms with Crippen LogP contribution in [0.2, 0.25) is 0 Å². The second-order valence-corrected chi connectivity index (χ2v) is 16.8. The molecule has 12 aromatic rings. The summed E-state index contributed by atoms with van der Waals surface area (Å²) in [5, 5.41) is 9.39. The maximum Gasteiger partial charge on any atom is 0.141 e. The molecule has 0 bridgehead atoms. The van der Waals surface area contributed by atoms with Crippen LogP contribution in [0.3, 0.4) is 0 Å². The molecule has 0 saturated carbocycles. The summed E-state index contributed by atoms with van der Waals surface area (Å²) in [6.07, 6.45) is 0. The Morgan fingerprint density at radius 3 is 1.09 bits per heavy atom. The average molecular weight is 797 g/mol. The first-order chi connectivity index (χ1) is 28.3. The summed E-state index contributed by atoms with van der Waals surface area (Å²) >= 11 is 2.91. The first-order valence-electron chi connectivity index (χ1n) is 18.5. The van der Waals surface area contributed by atoms with Crippen molar-refractivity contribution in [2.45, 2.75) is 0 Å². The molecule has 8 heteroatoms. The van der Waals surface area contributed by atoms with Gasteiger partial charge in [-0.25, -0.2) is 17.6 Å². The van der Waals surface area contributed by atoms with E-state index in [4.69, 9.17) is 8.83 Å². The summed E-state index contributed by atoms with van der Waals surface area (Å²) in [6.45, 7) is 0. The van der Waals surface area contributed by atoms with E-state index in [-0.39, 0.29) is 22.6 Å². The van der Waals surface area contributed by atoms with Gasteiger partial charge in [-0.05, 0) is 151 Å². The van der Waals surface area contributed by atoms with E-state index in [1.54, 1.807) is 12.1 Å². The summed E-state index contributed by atoms with van der Waals surface area (Å²) in [4.78, 5) is 1.47. The van der Waals surface area contributed by atoms with E-state index in [1.165, 1.54) is 46.9 Å². The molecule has 4 heterocycles. The molecule has 12 rings (SSSR count). The van der Waals surface area contributed by atoms with Gasteiger partial charge in [0, 0.05) is 29.9 Å². The largest absolute Gasteiger partial charge is 0.456 e. The molecule has 0 aliphatic rings. The van der Waals surface area contributed by atoms with Crippen LogP contribution in [-0.2, 0) is 0 Å². The lowest BCUT2D eigenvalue weighted by atomic mass is 10.0. The average Bonchev–Trinajstić information content (AvgIpc) is 4.01. The fraction of sp³-hybridized carbons (Fsp3) is 0. The van der Waals surface area contributed by atoms with Crippen molar-refractivity contribution in [3.8, 4) is 43.5 Å². The molecule has 0 radical (unpaired) electrons. The Hall–Kier alpha value is -6.74. The smallest absolute Gasteiger partial charge is 0.141 e. The Labute approximate surface area is 334 Å². The van der Waals surface area contributed by atoms with Gasteiger partial charge in [-0.2, -0.15) is 0 Å². The lowest BCUT2D eigenvalue weighted by molar-refractivity contribution is 0.566. The highest BCUT2D eigenvalue weighted by atomic mass is 32.1. The second kappa shape index (κ2) is 12.4. The Morgan fingerprint density at radius 1 is 0.328 bits per heavy atom. The summed E-state index contributed by atoms with van der Waals surface area (Å²) in [5.41, 5.74) is 1.62. The minimum atomic E-state index is -0.699. The Balaban J connectivity index is 0.861. The summed E-state index contributed by atoms with van der Waals surface area (Å²) in [7, 11) is 0. The first-order valence-corrected chi connectivity index (χ1v) is 20.2. The number of hydrogen-bond donors (Lipinski definition) is 0. The van der Waals surface area contributed by atoms with Gasteiger partial charge in [-0.1, -0.05) is 48.5 Å². The molecule has 276 valence electrons. The van der Waals surface area contributed by atoms with Gasteiger partial charge in [-0.3, -0.25) is 0 Å². The van der Waals surface area contributed by atoms with Gasteiger partial charge in [0.05, 0.1) is 11.1 Å². The zero-order valence-electron chi connectivity index (χ0n) is 30.0. The van der Waals surface area contributed by atoms with Gasteiger partial charge in [-0.15, -0.1) is 22.7 Å². The predicted molar refractivity (Wildman–Crippen MR) is 231 cm³/mol. The number of hydrogen-bond acceptors (Lipinski definition) is 4. The van der Waals surface area contributed by atoms with Crippen molar-refractivity contribution in [1.82, 2.24) is 0 Å². The summed E-state index contributed by atoms with van der Waals surface area (Å²) in [6, 6.07) is 44.3. The van der Waals surface area contributed by atoms with Crippen molar-refractivity contribution in [2.75, 3.05) is 0 Å². The monoisotopic (exact) mass is 796 g/mol. The van der Waals surface area contributed by atoms with Crippen LogP contribution in [0.4, 0.5) is 17.6 Å². The summed E-state index contributed by atoms with van der Waals surface area (Å²) in [5.74, 6) is -2.52. The van der Waals surface area contributed by atoms with Crippen LogP contribution in [0.25, 0.3) is 118 Å². The number of halogens is 4. The van der Waals surface area contributed by atoms with E-state index in [9.17, 15) is 0 Å². The van der Waals surface area contributed by atoms with Crippen LogP contribution in [0, 0.1) is 23.3 Å². The summed E-state index contributed by atoms with van der Waals surface area (Å²) < 4.78 is 76.8. The number of furan rings is 2. The topological polar surface area (TPSA) is 26.3 Å². The maximum absolute atomic E-state index is 15.7. The van der Waals surface area contributed by atoms with Crippen LogP contribution in [0.5, 0.6) is 0 Å². The number of thiophene rings is 2. The Bertz CT molecular complexity index is 3240. The van der Waals surface area contributed by atoms with Crippen LogP contribution < -0.4 is 0 Å². The van der Waals surface area contributed by atoms with Gasteiger partial charge in [0.15, 0.2) is 0 Å². The van der Waals surface area contributed by atoms with Crippen molar-refractivity contribution in [1.29, 1.82) is 0 Å². The van der Waals surface area contributed by atoms with Gasteiger partial charge in [0.25, 0.3) is 0 Å². The maximum atomic E-state index is 15.7. The molecule has 8 aromatic carbocycles. The second-order valence-electron chi connectivity index (χ2n) is 14.7. The van der Waals surface area contributed by atoms with Crippen molar-refractivity contribution in [3.05, 3.63) is 169 Å². The fourth-order valence-electron chi connectivity index (χ4n) is 8.21. The van der Waals surface area contributed by atoms with E-state index >= 15 is 17.6 Å². The van der Waals surface area contributed by atoms with E-state index in [1.807, 2.05) is 84.9 Å². The molecule has 0 fully saturated rings. The number of fused-ring (bicyclic) bond motifs is 7. The molecular formula is C50H24F4O2S2. The first kappa shape index (κ1) is 33.4. The molecule has 0 spiro atoms. The molecule has 0 saturated heterocycles. The Kier molecular flexibility index (Phi) is 7.13. The minimum absolute atomic E-state index is 0.140. The van der Waals surface area contributed by atoms with Crippen LogP contribution in [-0.4, -0.2) is 0 Å². The number of rotatable bonds is 4. The fourth-order valence-corrected chi connectivity index (χ4v) is 10.4. The third kappa shape index (κ3) is 5.29. The Morgan fingerprint density at radius 2 is 0.690 bits per heavy atom. The molecule has 0 amide bonds. The van der Waals surface area contributed by atoms with E-state index in [0.29, 0.717) is 22.3 Å². The third-order valence-corrected chi connectivity index (χ3v) is 13.3. The van der Waals surface area contributed by atoms with Crippen molar-refractivity contribution >= 4 is 97.1 Å². The highest BCUT2D eigenvalue weighted by Crippen LogP contribution is 2.43. The predicted octanol–water partition coefficient (Wildman–Crippen LogP) is 16.3. The molecule has 4 aromatic heterocycles. The molecule has 58 heavy (non-hydrogen) atoms. The van der Waals surface area contributed by atoms with Gasteiger partial charge < -0.3 is 8.83 Å². The highest BCUT2D eigenvalue weighted by Gasteiger charge is 2.21. The quantitative estimate of drug-likeness (QED) is 0.166. The molecule has 0 N–H and O–H groups in total. The van der Waals surface area contributed by atoms with E-state index in [2.05, 4.69) is 24.3 Å².